The van der Waals surface area contributed by atoms with Gasteiger partial charge in [-0.1, -0.05) is 6.07 Å². The molecule has 3 aromatic rings. The Morgan fingerprint density at radius 3 is 2.31 bits per heavy atom. The summed E-state index contributed by atoms with van der Waals surface area (Å²) < 4.78 is 14.3. The van der Waals surface area contributed by atoms with Crippen molar-refractivity contribution in [2.45, 2.75) is 40.3 Å². The Balaban J connectivity index is 1.68. The molecule has 0 atom stereocenters. The summed E-state index contributed by atoms with van der Waals surface area (Å²) in [6.07, 6.45) is 0.336. The van der Waals surface area contributed by atoms with E-state index in [1.54, 1.807) is 18.9 Å². The number of carbonyl (C=O) groups is 1. The van der Waals surface area contributed by atoms with Gasteiger partial charge in [0.2, 0.25) is 5.91 Å². The van der Waals surface area contributed by atoms with Gasteiger partial charge in [0.15, 0.2) is 11.5 Å². The monoisotopic (exact) mass is 397 g/mol. The first kappa shape index (κ1) is 20.4. The zero-order chi connectivity index (χ0) is 21.0. The molecule has 154 valence electrons. The molecule has 8 heteroatoms. The van der Waals surface area contributed by atoms with E-state index in [0.717, 1.165) is 22.6 Å². The van der Waals surface area contributed by atoms with E-state index < -0.39 is 0 Å². The van der Waals surface area contributed by atoms with Crippen molar-refractivity contribution < 1.29 is 14.3 Å². The van der Waals surface area contributed by atoms with Gasteiger partial charge in [-0.15, -0.1) is 0 Å². The molecule has 1 amide bonds. The molecule has 29 heavy (non-hydrogen) atoms. The molecule has 0 fully saturated rings. The summed E-state index contributed by atoms with van der Waals surface area (Å²) in [5.74, 6) is 1.91. The number of nitrogens with one attached hydrogen (secondary N) is 1. The lowest BCUT2D eigenvalue weighted by Gasteiger charge is -2.12. The third-order valence-corrected chi connectivity index (χ3v) is 4.60. The number of methoxy groups -OCH3 is 2. The molecule has 0 bridgehead atoms. The number of hydrogen-bond donors (Lipinski definition) is 1. The van der Waals surface area contributed by atoms with Gasteiger partial charge in [0.05, 0.1) is 32.2 Å². The molecule has 2 aromatic heterocycles. The van der Waals surface area contributed by atoms with Gasteiger partial charge in [-0.3, -0.25) is 9.48 Å². The first-order chi connectivity index (χ1) is 13.9. The van der Waals surface area contributed by atoms with Gasteiger partial charge in [-0.25, -0.2) is 4.68 Å². The Bertz CT molecular complexity index is 1010. The predicted molar refractivity (Wildman–Crippen MR) is 111 cm³/mol. The van der Waals surface area contributed by atoms with Gasteiger partial charge in [0, 0.05) is 24.7 Å². The summed E-state index contributed by atoms with van der Waals surface area (Å²) in [5, 5.41) is 11.9. The lowest BCUT2D eigenvalue weighted by molar-refractivity contribution is -0.116. The zero-order valence-electron chi connectivity index (χ0n) is 17.5. The van der Waals surface area contributed by atoms with Gasteiger partial charge < -0.3 is 14.8 Å². The number of amides is 1. The van der Waals surface area contributed by atoms with Crippen molar-refractivity contribution in [1.29, 1.82) is 0 Å². The summed E-state index contributed by atoms with van der Waals surface area (Å²) >= 11 is 0. The highest BCUT2D eigenvalue weighted by Crippen LogP contribution is 2.28. The summed E-state index contributed by atoms with van der Waals surface area (Å²) in [5.41, 5.74) is 3.82. The molecule has 0 aliphatic rings. The minimum absolute atomic E-state index is 0.0778. The Morgan fingerprint density at radius 2 is 1.66 bits per heavy atom. The Hall–Kier alpha value is -3.29. The van der Waals surface area contributed by atoms with E-state index in [4.69, 9.17) is 9.47 Å². The highest BCUT2D eigenvalue weighted by Gasteiger charge is 2.12. The Kier molecular flexibility index (Phi) is 6.21. The molecule has 0 aliphatic heterocycles. The largest absolute Gasteiger partial charge is 0.493 e. The summed E-state index contributed by atoms with van der Waals surface area (Å²) in [6, 6.07) is 9.58. The Morgan fingerprint density at radius 1 is 0.966 bits per heavy atom. The SMILES string of the molecule is COc1ccc(Cn2nc(C)cc2NC(=O)CCn2nc(C)cc2C)cc1OC. The number of nitrogens with zero attached hydrogens (tertiary/aromatic N) is 4. The topological polar surface area (TPSA) is 83.2 Å². The number of carbonyl (C=O) groups excluding carboxylic acids is 1. The standard InChI is InChI=1S/C21H27N5O3/c1-14-10-16(3)25(23-14)9-8-21(27)22-20-11-15(2)24-26(20)13-17-6-7-18(28-4)19(12-17)29-5/h6-7,10-12H,8-9,13H2,1-5H3,(H,22,27). The lowest BCUT2D eigenvalue weighted by Crippen LogP contribution is -2.18. The average Bonchev–Trinajstić information content (AvgIpc) is 3.19. The third kappa shape index (κ3) is 4.96. The van der Waals surface area contributed by atoms with Crippen LogP contribution >= 0.6 is 0 Å². The number of ether oxygens (including phenoxy) is 2. The Labute approximate surface area is 170 Å². The fourth-order valence-corrected chi connectivity index (χ4v) is 3.23. The molecule has 0 radical (unpaired) electrons. The van der Waals surface area contributed by atoms with Crippen LogP contribution in [0.1, 0.15) is 29.1 Å². The van der Waals surface area contributed by atoms with Crippen LogP contribution in [0.5, 0.6) is 11.5 Å². The number of aryl methyl sites for hydroxylation is 4. The molecule has 0 aliphatic carbocycles. The van der Waals surface area contributed by atoms with Crippen LogP contribution in [0.3, 0.4) is 0 Å². The van der Waals surface area contributed by atoms with E-state index in [2.05, 4.69) is 15.5 Å². The van der Waals surface area contributed by atoms with E-state index in [1.807, 2.05) is 55.8 Å². The van der Waals surface area contributed by atoms with Crippen LogP contribution in [-0.4, -0.2) is 39.7 Å². The predicted octanol–water partition coefficient (Wildman–Crippen LogP) is 3.10. The minimum atomic E-state index is -0.0778. The van der Waals surface area contributed by atoms with Crippen LogP contribution in [0.2, 0.25) is 0 Å². The molecule has 0 unspecified atom stereocenters. The summed E-state index contributed by atoms with van der Waals surface area (Å²) in [7, 11) is 3.21. The number of anilines is 1. The molecule has 2 heterocycles. The first-order valence-corrected chi connectivity index (χ1v) is 9.46. The second-order valence-corrected chi connectivity index (χ2v) is 6.97. The molecule has 1 aromatic carbocycles. The van der Waals surface area contributed by atoms with Crippen molar-refractivity contribution >= 4 is 11.7 Å². The number of hydrogen-bond acceptors (Lipinski definition) is 5. The number of benzene rings is 1. The van der Waals surface area contributed by atoms with Crippen LogP contribution in [0.4, 0.5) is 5.82 Å². The molecule has 0 saturated heterocycles. The maximum atomic E-state index is 12.5. The van der Waals surface area contributed by atoms with E-state index in [9.17, 15) is 4.79 Å². The maximum absolute atomic E-state index is 12.5. The number of rotatable bonds is 8. The first-order valence-electron chi connectivity index (χ1n) is 9.46. The summed E-state index contributed by atoms with van der Waals surface area (Å²) in [6.45, 7) is 6.87. The van der Waals surface area contributed by atoms with Gasteiger partial charge in [-0.2, -0.15) is 10.2 Å². The van der Waals surface area contributed by atoms with E-state index >= 15 is 0 Å². The molecule has 0 saturated carbocycles. The third-order valence-electron chi connectivity index (χ3n) is 4.60. The smallest absolute Gasteiger partial charge is 0.227 e. The van der Waals surface area contributed by atoms with Crippen LogP contribution in [0, 0.1) is 20.8 Å². The fraction of sp³-hybridized carbons (Fsp3) is 0.381. The van der Waals surface area contributed by atoms with Crippen molar-refractivity contribution in [3.63, 3.8) is 0 Å². The van der Waals surface area contributed by atoms with Gasteiger partial charge in [-0.05, 0) is 44.5 Å². The van der Waals surface area contributed by atoms with Crippen molar-refractivity contribution in [3.05, 3.63) is 53.0 Å². The van der Waals surface area contributed by atoms with E-state index in [-0.39, 0.29) is 5.91 Å². The van der Waals surface area contributed by atoms with Gasteiger partial charge in [0.25, 0.3) is 0 Å². The van der Waals surface area contributed by atoms with Gasteiger partial charge >= 0.3 is 0 Å². The fourth-order valence-electron chi connectivity index (χ4n) is 3.23. The highest BCUT2D eigenvalue weighted by atomic mass is 16.5. The molecule has 3 rings (SSSR count). The van der Waals surface area contributed by atoms with Crippen molar-refractivity contribution in [2.75, 3.05) is 19.5 Å². The second kappa shape index (κ2) is 8.81. The van der Waals surface area contributed by atoms with Crippen LogP contribution in [-0.2, 0) is 17.9 Å². The lowest BCUT2D eigenvalue weighted by atomic mass is 10.2. The second-order valence-electron chi connectivity index (χ2n) is 6.97. The normalized spacial score (nSPS) is 10.8. The van der Waals surface area contributed by atoms with Crippen LogP contribution in [0.25, 0.3) is 0 Å². The molecular weight excluding hydrogens is 370 g/mol. The number of aromatic nitrogens is 4. The van der Waals surface area contributed by atoms with Crippen molar-refractivity contribution in [1.82, 2.24) is 19.6 Å². The van der Waals surface area contributed by atoms with E-state index in [1.165, 1.54) is 0 Å². The highest BCUT2D eigenvalue weighted by molar-refractivity contribution is 5.89. The molecule has 1 N–H and O–H groups in total. The van der Waals surface area contributed by atoms with Crippen molar-refractivity contribution in [3.8, 4) is 11.5 Å². The summed E-state index contributed by atoms with van der Waals surface area (Å²) in [4.78, 5) is 12.5. The van der Waals surface area contributed by atoms with Gasteiger partial charge in [0.1, 0.15) is 5.82 Å². The van der Waals surface area contributed by atoms with Crippen molar-refractivity contribution in [2.24, 2.45) is 0 Å². The average molecular weight is 397 g/mol. The molecule has 8 nitrogen and oxygen atoms in total. The van der Waals surface area contributed by atoms with Crippen LogP contribution in [0.15, 0.2) is 30.3 Å². The molecule has 0 spiro atoms. The van der Waals surface area contributed by atoms with E-state index in [0.29, 0.717) is 36.8 Å². The van der Waals surface area contributed by atoms with Crippen LogP contribution < -0.4 is 14.8 Å². The quantitative estimate of drug-likeness (QED) is 0.631. The maximum Gasteiger partial charge on any atom is 0.227 e. The minimum Gasteiger partial charge on any atom is -0.493 e. The zero-order valence-corrected chi connectivity index (χ0v) is 17.5. The molecular formula is C21H27N5O3.